The fourth-order valence-electron chi connectivity index (χ4n) is 2.04. The fourth-order valence-corrected chi connectivity index (χ4v) is 3.68. The zero-order valence-electron chi connectivity index (χ0n) is 9.17. The zero-order chi connectivity index (χ0) is 11.5. The van der Waals surface area contributed by atoms with Crippen LogP contribution in [-0.4, -0.2) is 6.04 Å². The molecule has 0 bridgehead atoms. The molecule has 0 saturated heterocycles. The SMILES string of the molecule is CC(NC1CC=CCC1)c1cc(Cl)sc1Cl. The van der Waals surface area contributed by atoms with Crippen molar-refractivity contribution in [3.63, 3.8) is 0 Å². The fraction of sp³-hybridized carbons (Fsp3) is 0.500. The van der Waals surface area contributed by atoms with E-state index in [0.717, 1.165) is 20.7 Å². The molecular weight excluding hydrogens is 261 g/mol. The highest BCUT2D eigenvalue weighted by atomic mass is 35.5. The van der Waals surface area contributed by atoms with Crippen molar-refractivity contribution in [2.24, 2.45) is 0 Å². The molecule has 16 heavy (non-hydrogen) atoms. The summed E-state index contributed by atoms with van der Waals surface area (Å²) in [5, 5.41) is 3.60. The maximum atomic E-state index is 6.14. The molecule has 4 heteroatoms. The van der Waals surface area contributed by atoms with Crippen molar-refractivity contribution in [3.05, 3.63) is 32.5 Å². The molecule has 1 nitrogen and oxygen atoms in total. The first-order valence-electron chi connectivity index (χ1n) is 5.52. The third-order valence-electron chi connectivity index (χ3n) is 2.90. The molecular formula is C12H15Cl2NS. The summed E-state index contributed by atoms with van der Waals surface area (Å²) >= 11 is 13.5. The summed E-state index contributed by atoms with van der Waals surface area (Å²) in [5.74, 6) is 0. The van der Waals surface area contributed by atoms with Crippen molar-refractivity contribution in [1.82, 2.24) is 5.32 Å². The van der Waals surface area contributed by atoms with Crippen LogP contribution in [0.25, 0.3) is 0 Å². The molecule has 1 aliphatic carbocycles. The first-order valence-corrected chi connectivity index (χ1v) is 7.10. The monoisotopic (exact) mass is 275 g/mol. The lowest BCUT2D eigenvalue weighted by atomic mass is 10.0. The molecule has 1 aromatic heterocycles. The minimum absolute atomic E-state index is 0.271. The lowest BCUT2D eigenvalue weighted by Crippen LogP contribution is -2.32. The Kier molecular flexibility index (Phi) is 4.31. The van der Waals surface area contributed by atoms with Gasteiger partial charge in [0.05, 0.1) is 8.67 Å². The van der Waals surface area contributed by atoms with Gasteiger partial charge in [0.1, 0.15) is 0 Å². The molecule has 0 spiro atoms. The van der Waals surface area contributed by atoms with Crippen LogP contribution in [0.1, 0.15) is 37.8 Å². The maximum absolute atomic E-state index is 6.14. The quantitative estimate of drug-likeness (QED) is 0.781. The summed E-state index contributed by atoms with van der Waals surface area (Å²) in [6.07, 6.45) is 7.98. The molecule has 0 aliphatic heterocycles. The van der Waals surface area contributed by atoms with Crippen LogP contribution in [0.5, 0.6) is 0 Å². The van der Waals surface area contributed by atoms with Crippen molar-refractivity contribution in [3.8, 4) is 0 Å². The van der Waals surface area contributed by atoms with Gasteiger partial charge >= 0.3 is 0 Å². The summed E-state index contributed by atoms with van der Waals surface area (Å²) in [4.78, 5) is 0. The Balaban J connectivity index is 1.99. The summed E-state index contributed by atoms with van der Waals surface area (Å²) < 4.78 is 1.56. The van der Waals surface area contributed by atoms with Gasteiger partial charge in [-0.05, 0) is 37.8 Å². The molecule has 88 valence electrons. The first kappa shape index (κ1) is 12.4. The molecule has 0 saturated carbocycles. The molecule has 0 radical (unpaired) electrons. The molecule has 0 fully saturated rings. The van der Waals surface area contributed by atoms with Gasteiger partial charge < -0.3 is 5.32 Å². The number of allylic oxidation sites excluding steroid dienone is 1. The van der Waals surface area contributed by atoms with Crippen LogP contribution >= 0.6 is 34.5 Å². The topological polar surface area (TPSA) is 12.0 Å². The number of hydrogen-bond acceptors (Lipinski definition) is 2. The smallest absolute Gasteiger partial charge is 0.0991 e. The van der Waals surface area contributed by atoms with E-state index in [1.54, 1.807) is 0 Å². The van der Waals surface area contributed by atoms with Crippen molar-refractivity contribution in [2.75, 3.05) is 0 Å². The van der Waals surface area contributed by atoms with E-state index < -0.39 is 0 Å². The molecule has 2 atom stereocenters. The molecule has 1 aliphatic rings. The average molecular weight is 276 g/mol. The third kappa shape index (κ3) is 3.01. The Morgan fingerprint density at radius 2 is 2.25 bits per heavy atom. The minimum atomic E-state index is 0.271. The highest BCUT2D eigenvalue weighted by molar-refractivity contribution is 7.20. The summed E-state index contributed by atoms with van der Waals surface area (Å²) in [5.41, 5.74) is 1.12. The Morgan fingerprint density at radius 3 is 2.81 bits per heavy atom. The van der Waals surface area contributed by atoms with Crippen molar-refractivity contribution in [1.29, 1.82) is 0 Å². The number of hydrogen-bond donors (Lipinski definition) is 1. The van der Waals surface area contributed by atoms with E-state index in [-0.39, 0.29) is 6.04 Å². The Hall–Kier alpha value is -0.0200. The summed E-state index contributed by atoms with van der Waals surface area (Å²) in [7, 11) is 0. The van der Waals surface area contributed by atoms with Crippen LogP contribution in [0.4, 0.5) is 0 Å². The molecule has 1 heterocycles. The van der Waals surface area contributed by atoms with E-state index >= 15 is 0 Å². The molecule has 0 amide bonds. The second-order valence-electron chi connectivity index (χ2n) is 4.15. The van der Waals surface area contributed by atoms with Gasteiger partial charge in [0.15, 0.2) is 0 Å². The molecule has 2 rings (SSSR count). The van der Waals surface area contributed by atoms with Gasteiger partial charge in [-0.15, -0.1) is 11.3 Å². The van der Waals surface area contributed by atoms with Crippen molar-refractivity contribution >= 4 is 34.5 Å². The third-order valence-corrected chi connectivity index (χ3v) is 4.42. The number of thiophene rings is 1. The second kappa shape index (κ2) is 5.54. The molecule has 1 aromatic rings. The van der Waals surface area contributed by atoms with Crippen LogP contribution in [0.3, 0.4) is 0 Å². The standard InChI is InChI=1S/C12H15Cl2NS/c1-8(10-7-11(13)16-12(10)14)15-9-5-3-2-4-6-9/h2-3,7-9,15H,4-6H2,1H3. The highest BCUT2D eigenvalue weighted by Gasteiger charge is 2.17. The van der Waals surface area contributed by atoms with E-state index in [4.69, 9.17) is 23.2 Å². The van der Waals surface area contributed by atoms with Crippen LogP contribution in [0, 0.1) is 0 Å². The average Bonchev–Trinajstić information content (AvgIpc) is 2.59. The van der Waals surface area contributed by atoms with Gasteiger partial charge in [-0.1, -0.05) is 35.4 Å². The van der Waals surface area contributed by atoms with E-state index in [9.17, 15) is 0 Å². The lowest BCUT2D eigenvalue weighted by molar-refractivity contribution is 0.426. The van der Waals surface area contributed by atoms with Crippen molar-refractivity contribution in [2.45, 2.75) is 38.3 Å². The first-order chi connectivity index (χ1) is 7.66. The lowest BCUT2D eigenvalue weighted by Gasteiger charge is -2.24. The van der Waals surface area contributed by atoms with Gasteiger partial charge in [0.2, 0.25) is 0 Å². The van der Waals surface area contributed by atoms with Crippen molar-refractivity contribution < 1.29 is 0 Å². The van der Waals surface area contributed by atoms with E-state index in [1.165, 1.54) is 24.2 Å². The normalized spacial score (nSPS) is 22.3. The number of nitrogens with one attached hydrogen (secondary N) is 1. The Bertz CT molecular complexity index is 386. The summed E-state index contributed by atoms with van der Waals surface area (Å²) in [6.45, 7) is 2.14. The van der Waals surface area contributed by atoms with Gasteiger partial charge in [-0.2, -0.15) is 0 Å². The van der Waals surface area contributed by atoms with Crippen LogP contribution in [0.2, 0.25) is 8.67 Å². The van der Waals surface area contributed by atoms with Gasteiger partial charge in [-0.3, -0.25) is 0 Å². The maximum Gasteiger partial charge on any atom is 0.0991 e. The van der Waals surface area contributed by atoms with E-state index in [1.807, 2.05) is 6.07 Å². The van der Waals surface area contributed by atoms with E-state index in [2.05, 4.69) is 24.4 Å². The van der Waals surface area contributed by atoms with Gasteiger partial charge in [0.25, 0.3) is 0 Å². The predicted octanol–water partition coefficient (Wildman–Crippen LogP) is 4.81. The second-order valence-corrected chi connectivity index (χ2v) is 6.43. The zero-order valence-corrected chi connectivity index (χ0v) is 11.5. The van der Waals surface area contributed by atoms with Gasteiger partial charge in [-0.25, -0.2) is 0 Å². The van der Waals surface area contributed by atoms with Crippen LogP contribution in [-0.2, 0) is 0 Å². The minimum Gasteiger partial charge on any atom is -0.307 e. The largest absolute Gasteiger partial charge is 0.307 e. The summed E-state index contributed by atoms with van der Waals surface area (Å²) in [6, 6.07) is 2.80. The molecule has 1 N–H and O–H groups in total. The molecule has 0 aromatic carbocycles. The van der Waals surface area contributed by atoms with Crippen LogP contribution < -0.4 is 5.32 Å². The number of halogens is 2. The van der Waals surface area contributed by atoms with Gasteiger partial charge in [0, 0.05) is 12.1 Å². The predicted molar refractivity (Wildman–Crippen MR) is 72.7 cm³/mol. The molecule has 2 unspecified atom stereocenters. The Morgan fingerprint density at radius 1 is 1.44 bits per heavy atom. The van der Waals surface area contributed by atoms with E-state index in [0.29, 0.717) is 6.04 Å². The van der Waals surface area contributed by atoms with Crippen LogP contribution in [0.15, 0.2) is 18.2 Å². The Labute approximate surface area is 110 Å². The highest BCUT2D eigenvalue weighted by Crippen LogP contribution is 2.35. The number of rotatable bonds is 3.